The number of hydrogen-bond acceptors (Lipinski definition) is 4. The summed E-state index contributed by atoms with van der Waals surface area (Å²) in [5.41, 5.74) is 1.05. The Kier molecular flexibility index (Phi) is 4.63. The molecular weight excluding hydrogens is 294 g/mol. The third-order valence-electron chi connectivity index (χ3n) is 3.84. The van der Waals surface area contributed by atoms with Crippen molar-refractivity contribution in [3.8, 4) is 0 Å². The Morgan fingerprint density at radius 2 is 2.14 bits per heavy atom. The Labute approximate surface area is 134 Å². The van der Waals surface area contributed by atoms with Gasteiger partial charge in [-0.25, -0.2) is 0 Å². The molecule has 1 aliphatic rings. The third-order valence-corrected chi connectivity index (χ3v) is 4.84. The molecule has 0 saturated carbocycles. The number of nitrogens with zero attached hydrogens (tertiary/aromatic N) is 3. The van der Waals surface area contributed by atoms with Gasteiger partial charge in [0.2, 0.25) is 5.91 Å². The lowest BCUT2D eigenvalue weighted by molar-refractivity contribution is -0.127. The van der Waals surface area contributed by atoms with E-state index in [4.69, 9.17) is 0 Å². The van der Waals surface area contributed by atoms with Crippen LogP contribution in [0.1, 0.15) is 34.3 Å². The van der Waals surface area contributed by atoms with Gasteiger partial charge < -0.3 is 4.90 Å². The maximum atomic E-state index is 12.4. The van der Waals surface area contributed by atoms with Gasteiger partial charge in [0.25, 0.3) is 0 Å². The molecule has 0 aliphatic carbocycles. The van der Waals surface area contributed by atoms with Crippen molar-refractivity contribution in [2.75, 3.05) is 13.1 Å². The highest BCUT2D eigenvalue weighted by atomic mass is 32.1. The first kappa shape index (κ1) is 14.9. The van der Waals surface area contributed by atoms with Crippen molar-refractivity contribution in [3.63, 3.8) is 0 Å². The van der Waals surface area contributed by atoms with E-state index in [0.717, 1.165) is 41.5 Å². The number of piperidine rings is 1. The van der Waals surface area contributed by atoms with E-state index in [1.54, 1.807) is 17.4 Å². The first-order valence-electron chi connectivity index (χ1n) is 7.54. The molecule has 1 atom stereocenters. The summed E-state index contributed by atoms with van der Waals surface area (Å²) in [6.45, 7) is 3.54. The second-order valence-corrected chi connectivity index (χ2v) is 6.74. The Balaban J connectivity index is 1.64. The quantitative estimate of drug-likeness (QED) is 0.817. The maximum absolute atomic E-state index is 12.4. The molecule has 0 unspecified atom stereocenters. The van der Waals surface area contributed by atoms with Crippen molar-refractivity contribution in [2.24, 2.45) is 0 Å². The smallest absolute Gasteiger partial charge is 0.246 e. The largest absolute Gasteiger partial charge is 0.338 e. The van der Waals surface area contributed by atoms with Crippen LogP contribution in [0.2, 0.25) is 0 Å². The van der Waals surface area contributed by atoms with Gasteiger partial charge in [-0.1, -0.05) is 30.3 Å². The first-order chi connectivity index (χ1) is 10.7. The Hall–Kier alpha value is -2.01. The molecule has 0 N–H and O–H groups in total. The van der Waals surface area contributed by atoms with Crippen LogP contribution in [0.5, 0.6) is 0 Å². The van der Waals surface area contributed by atoms with Crippen molar-refractivity contribution in [1.29, 1.82) is 0 Å². The van der Waals surface area contributed by atoms with Crippen LogP contribution in [0.15, 0.2) is 36.4 Å². The summed E-state index contributed by atoms with van der Waals surface area (Å²) in [4.78, 5) is 14.3. The zero-order chi connectivity index (χ0) is 15.4. The van der Waals surface area contributed by atoms with Gasteiger partial charge >= 0.3 is 0 Å². The van der Waals surface area contributed by atoms with Crippen molar-refractivity contribution in [2.45, 2.75) is 25.7 Å². The summed E-state index contributed by atoms with van der Waals surface area (Å²) in [7, 11) is 0. The highest BCUT2D eigenvalue weighted by Crippen LogP contribution is 2.29. The van der Waals surface area contributed by atoms with E-state index >= 15 is 0 Å². The first-order valence-corrected chi connectivity index (χ1v) is 8.36. The number of aromatic nitrogens is 2. The number of likely N-dealkylation sites (tertiary alicyclic amines) is 1. The van der Waals surface area contributed by atoms with E-state index in [0.29, 0.717) is 5.92 Å². The lowest BCUT2D eigenvalue weighted by Gasteiger charge is -2.30. The third kappa shape index (κ3) is 3.60. The van der Waals surface area contributed by atoms with Crippen LogP contribution in [0.3, 0.4) is 0 Å². The monoisotopic (exact) mass is 313 g/mol. The molecule has 2 aromatic rings. The van der Waals surface area contributed by atoms with Gasteiger partial charge in [0, 0.05) is 25.1 Å². The Morgan fingerprint density at radius 1 is 1.32 bits per heavy atom. The molecule has 1 aliphatic heterocycles. The maximum Gasteiger partial charge on any atom is 0.246 e. The fourth-order valence-corrected chi connectivity index (χ4v) is 3.52. The minimum atomic E-state index is 0.0785. The van der Waals surface area contributed by atoms with Gasteiger partial charge in [0.15, 0.2) is 0 Å². The molecule has 114 valence electrons. The summed E-state index contributed by atoms with van der Waals surface area (Å²) in [6, 6.07) is 9.90. The second kappa shape index (κ2) is 6.83. The molecule has 0 spiro atoms. The molecule has 3 rings (SSSR count). The molecule has 22 heavy (non-hydrogen) atoms. The summed E-state index contributed by atoms with van der Waals surface area (Å²) in [5.74, 6) is 0.406. The fourth-order valence-electron chi connectivity index (χ4n) is 2.69. The minimum Gasteiger partial charge on any atom is -0.338 e. The van der Waals surface area contributed by atoms with Crippen molar-refractivity contribution < 1.29 is 4.79 Å². The summed E-state index contributed by atoms with van der Waals surface area (Å²) >= 11 is 1.64. The van der Waals surface area contributed by atoms with Crippen LogP contribution in [0.4, 0.5) is 0 Å². The SMILES string of the molecule is Cc1nnc([C@H]2CCCN(C(=O)/C=C\c3ccccc3)C2)s1. The van der Waals surface area contributed by atoms with E-state index in [9.17, 15) is 4.79 Å². The molecular formula is C17H19N3OS. The summed E-state index contributed by atoms with van der Waals surface area (Å²) < 4.78 is 0. The second-order valence-electron chi connectivity index (χ2n) is 5.53. The lowest BCUT2D eigenvalue weighted by atomic mass is 9.99. The zero-order valence-corrected chi connectivity index (χ0v) is 13.4. The standard InChI is InChI=1S/C17H19N3OS/c1-13-18-19-17(22-13)15-8-5-11-20(12-15)16(21)10-9-14-6-3-2-4-7-14/h2-4,6-7,9-10,15H,5,8,11-12H2,1H3/b10-9-/t15-/m0/s1. The average molecular weight is 313 g/mol. The molecule has 4 nitrogen and oxygen atoms in total. The van der Waals surface area contributed by atoms with Gasteiger partial charge in [-0.05, 0) is 31.4 Å². The van der Waals surface area contributed by atoms with Crippen molar-refractivity contribution in [3.05, 3.63) is 52.0 Å². The van der Waals surface area contributed by atoms with E-state index in [1.165, 1.54) is 0 Å². The number of benzene rings is 1. The molecule has 0 bridgehead atoms. The van der Waals surface area contributed by atoms with E-state index < -0.39 is 0 Å². The molecule has 1 fully saturated rings. The van der Waals surface area contributed by atoms with Gasteiger partial charge in [0.1, 0.15) is 10.0 Å². The molecule has 2 heterocycles. The summed E-state index contributed by atoms with van der Waals surface area (Å²) in [6.07, 6.45) is 5.65. The van der Waals surface area contributed by atoms with Crippen LogP contribution in [0.25, 0.3) is 6.08 Å². The Morgan fingerprint density at radius 3 is 2.86 bits per heavy atom. The number of amides is 1. The van der Waals surface area contributed by atoms with Crippen molar-refractivity contribution >= 4 is 23.3 Å². The van der Waals surface area contributed by atoms with Crippen LogP contribution in [0, 0.1) is 6.92 Å². The fraction of sp³-hybridized carbons (Fsp3) is 0.353. The van der Waals surface area contributed by atoms with Gasteiger partial charge in [-0.2, -0.15) is 0 Å². The molecule has 5 heteroatoms. The van der Waals surface area contributed by atoms with Crippen molar-refractivity contribution in [1.82, 2.24) is 15.1 Å². The highest BCUT2D eigenvalue weighted by molar-refractivity contribution is 7.11. The predicted octanol–water partition coefficient (Wildman–Crippen LogP) is 3.27. The summed E-state index contributed by atoms with van der Waals surface area (Å²) in [5, 5.41) is 10.4. The molecule has 1 amide bonds. The van der Waals surface area contributed by atoms with Gasteiger partial charge in [-0.3, -0.25) is 4.79 Å². The van der Waals surface area contributed by atoms with Gasteiger partial charge in [0.05, 0.1) is 0 Å². The number of rotatable bonds is 3. The molecule has 1 aromatic heterocycles. The number of carbonyl (C=O) groups is 1. The van der Waals surface area contributed by atoms with E-state index in [1.807, 2.05) is 48.2 Å². The lowest BCUT2D eigenvalue weighted by Crippen LogP contribution is -2.38. The number of hydrogen-bond donors (Lipinski definition) is 0. The predicted molar refractivity (Wildman–Crippen MR) is 88.7 cm³/mol. The molecule has 1 saturated heterocycles. The van der Waals surface area contributed by atoms with Crippen LogP contribution >= 0.6 is 11.3 Å². The van der Waals surface area contributed by atoms with Crippen LogP contribution in [-0.4, -0.2) is 34.1 Å². The normalized spacial score (nSPS) is 18.8. The Bertz CT molecular complexity index is 666. The highest BCUT2D eigenvalue weighted by Gasteiger charge is 2.25. The average Bonchev–Trinajstić information content (AvgIpc) is 3.00. The van der Waals surface area contributed by atoms with Crippen LogP contribution < -0.4 is 0 Å². The van der Waals surface area contributed by atoms with Crippen LogP contribution in [-0.2, 0) is 4.79 Å². The minimum absolute atomic E-state index is 0.0785. The molecule has 1 aromatic carbocycles. The van der Waals surface area contributed by atoms with E-state index in [-0.39, 0.29) is 5.91 Å². The zero-order valence-electron chi connectivity index (χ0n) is 12.6. The van der Waals surface area contributed by atoms with Gasteiger partial charge in [-0.15, -0.1) is 21.5 Å². The number of carbonyl (C=O) groups excluding carboxylic acids is 1. The topological polar surface area (TPSA) is 46.1 Å². The molecule has 0 radical (unpaired) electrons. The van der Waals surface area contributed by atoms with E-state index in [2.05, 4.69) is 10.2 Å². The number of aryl methyl sites for hydroxylation is 1.